The molecule has 2 N–H and O–H groups in total. The molecule has 118 valence electrons. The van der Waals surface area contributed by atoms with E-state index < -0.39 is 0 Å². The Bertz CT molecular complexity index is 465. The molecule has 1 heterocycles. The number of rotatable bonds is 5. The molecule has 2 rings (SSSR count). The molecule has 1 aromatic rings. The first-order chi connectivity index (χ1) is 9.72. The minimum Gasteiger partial charge on any atom is -0.496 e. The molecule has 1 aromatic carbocycles. The van der Waals surface area contributed by atoms with Gasteiger partial charge in [-0.15, -0.1) is 24.0 Å². The van der Waals surface area contributed by atoms with Crippen molar-refractivity contribution in [3.8, 4) is 5.75 Å². The zero-order valence-electron chi connectivity index (χ0n) is 12.9. The molecule has 6 heteroatoms. The number of guanidine groups is 1. The summed E-state index contributed by atoms with van der Waals surface area (Å²) in [5, 5.41) is 6.68. The predicted molar refractivity (Wildman–Crippen MR) is 97.8 cm³/mol. The molecular formula is C15H25IN4O. The van der Waals surface area contributed by atoms with Gasteiger partial charge in [-0.05, 0) is 26.6 Å². The molecule has 0 amide bonds. The Balaban J connectivity index is 0.00000220. The van der Waals surface area contributed by atoms with Crippen LogP contribution >= 0.6 is 24.0 Å². The van der Waals surface area contributed by atoms with Gasteiger partial charge in [-0.25, -0.2) is 0 Å². The van der Waals surface area contributed by atoms with Crippen molar-refractivity contribution in [2.45, 2.75) is 12.5 Å². The molecular weight excluding hydrogens is 379 g/mol. The number of benzene rings is 1. The molecule has 0 spiro atoms. The molecule has 0 aromatic heterocycles. The number of halogens is 1. The summed E-state index contributed by atoms with van der Waals surface area (Å²) in [6.07, 6.45) is 1.11. The Labute approximate surface area is 144 Å². The highest BCUT2D eigenvalue weighted by Crippen LogP contribution is 2.27. The standard InChI is InChI=1S/C15H24N4O.HI/c1-19(2)13(11-18-15-16-9-6-10-17-15)12-7-4-5-8-14(12)20-3;/h4-5,7-8,13H,6,9-11H2,1-3H3,(H2,16,17,18);1H. The van der Waals surface area contributed by atoms with Gasteiger partial charge in [0.2, 0.25) is 0 Å². The fraction of sp³-hybridized carbons (Fsp3) is 0.533. The highest BCUT2D eigenvalue weighted by Gasteiger charge is 2.18. The number of hydrogen-bond acceptors (Lipinski definition) is 5. The summed E-state index contributed by atoms with van der Waals surface area (Å²) in [4.78, 5) is 6.63. The van der Waals surface area contributed by atoms with Crippen LogP contribution in [-0.2, 0) is 0 Å². The monoisotopic (exact) mass is 404 g/mol. The summed E-state index contributed by atoms with van der Waals surface area (Å²) in [5.41, 5.74) is 1.18. The summed E-state index contributed by atoms with van der Waals surface area (Å²) in [6.45, 7) is 2.68. The Morgan fingerprint density at radius 3 is 2.76 bits per heavy atom. The fourth-order valence-electron chi connectivity index (χ4n) is 2.36. The topological polar surface area (TPSA) is 48.9 Å². The number of para-hydroxylation sites is 1. The third-order valence-corrected chi connectivity index (χ3v) is 3.48. The smallest absolute Gasteiger partial charge is 0.191 e. The molecule has 0 saturated heterocycles. The second-order valence-corrected chi connectivity index (χ2v) is 5.11. The van der Waals surface area contributed by atoms with Crippen molar-refractivity contribution in [3.05, 3.63) is 29.8 Å². The number of hydrogen-bond donors (Lipinski definition) is 2. The van der Waals surface area contributed by atoms with Crippen LogP contribution in [0.3, 0.4) is 0 Å². The first-order valence-corrected chi connectivity index (χ1v) is 7.04. The molecule has 1 aliphatic rings. The van der Waals surface area contributed by atoms with Gasteiger partial charge >= 0.3 is 0 Å². The van der Waals surface area contributed by atoms with Crippen molar-refractivity contribution in [2.24, 2.45) is 4.99 Å². The number of aliphatic imine (C=N–C) groups is 1. The molecule has 1 aliphatic heterocycles. The highest BCUT2D eigenvalue weighted by atomic mass is 127. The highest BCUT2D eigenvalue weighted by molar-refractivity contribution is 14.0. The number of likely N-dealkylation sites (N-methyl/N-ethyl adjacent to an activating group) is 1. The van der Waals surface area contributed by atoms with Crippen LogP contribution < -0.4 is 15.4 Å². The van der Waals surface area contributed by atoms with Crippen LogP contribution in [0.5, 0.6) is 5.75 Å². The lowest BCUT2D eigenvalue weighted by Gasteiger charge is -2.27. The normalized spacial score (nSPS) is 15.5. The van der Waals surface area contributed by atoms with E-state index in [-0.39, 0.29) is 30.0 Å². The zero-order chi connectivity index (χ0) is 14.4. The average molecular weight is 404 g/mol. The van der Waals surface area contributed by atoms with E-state index in [9.17, 15) is 0 Å². The van der Waals surface area contributed by atoms with Crippen LogP contribution in [-0.4, -0.2) is 51.7 Å². The van der Waals surface area contributed by atoms with Crippen molar-refractivity contribution in [3.63, 3.8) is 0 Å². The molecule has 21 heavy (non-hydrogen) atoms. The molecule has 1 atom stereocenters. The summed E-state index contributed by atoms with van der Waals surface area (Å²) in [6, 6.07) is 8.39. The van der Waals surface area contributed by atoms with Crippen LogP contribution in [0.4, 0.5) is 0 Å². The van der Waals surface area contributed by atoms with Crippen LogP contribution in [0.15, 0.2) is 29.3 Å². The Morgan fingerprint density at radius 2 is 2.14 bits per heavy atom. The van der Waals surface area contributed by atoms with Gasteiger partial charge in [-0.1, -0.05) is 18.2 Å². The van der Waals surface area contributed by atoms with E-state index >= 15 is 0 Å². The number of nitrogens with one attached hydrogen (secondary N) is 2. The Morgan fingerprint density at radius 1 is 1.38 bits per heavy atom. The molecule has 0 bridgehead atoms. The first kappa shape index (κ1) is 18.0. The van der Waals surface area contributed by atoms with Crippen LogP contribution in [0, 0.1) is 0 Å². The van der Waals surface area contributed by atoms with Crippen LogP contribution in [0.25, 0.3) is 0 Å². The lowest BCUT2D eigenvalue weighted by Crippen LogP contribution is -2.44. The second kappa shape index (κ2) is 9.09. The Hall–Kier alpha value is -1.02. The molecule has 0 radical (unpaired) electrons. The van der Waals surface area contributed by atoms with Gasteiger partial charge in [0.1, 0.15) is 5.75 Å². The van der Waals surface area contributed by atoms with Gasteiger partial charge in [0.05, 0.1) is 13.2 Å². The van der Waals surface area contributed by atoms with Crippen LogP contribution in [0.1, 0.15) is 18.0 Å². The van der Waals surface area contributed by atoms with Gasteiger partial charge in [0.25, 0.3) is 0 Å². The first-order valence-electron chi connectivity index (χ1n) is 7.04. The largest absolute Gasteiger partial charge is 0.496 e. The van der Waals surface area contributed by atoms with E-state index in [0.29, 0.717) is 0 Å². The van der Waals surface area contributed by atoms with Gasteiger partial charge in [0.15, 0.2) is 5.96 Å². The SMILES string of the molecule is COc1ccccc1C(CNC1=NCCCN1)N(C)C.I. The van der Waals surface area contributed by atoms with E-state index in [1.165, 1.54) is 5.56 Å². The van der Waals surface area contributed by atoms with Gasteiger partial charge in [-0.3, -0.25) is 4.99 Å². The molecule has 1 unspecified atom stereocenters. The summed E-state index contributed by atoms with van der Waals surface area (Å²) < 4.78 is 5.47. The van der Waals surface area contributed by atoms with Crippen molar-refractivity contribution < 1.29 is 4.74 Å². The van der Waals surface area contributed by atoms with Gasteiger partial charge < -0.3 is 20.3 Å². The summed E-state index contributed by atoms with van der Waals surface area (Å²) >= 11 is 0. The van der Waals surface area contributed by atoms with Gasteiger partial charge in [0, 0.05) is 25.2 Å². The summed E-state index contributed by atoms with van der Waals surface area (Å²) in [7, 11) is 5.87. The summed E-state index contributed by atoms with van der Waals surface area (Å²) in [5.74, 6) is 1.82. The predicted octanol–water partition coefficient (Wildman–Crippen LogP) is 1.85. The molecule has 5 nitrogen and oxygen atoms in total. The van der Waals surface area contributed by atoms with Crippen molar-refractivity contribution >= 4 is 29.9 Å². The number of ether oxygens (including phenoxy) is 1. The lowest BCUT2D eigenvalue weighted by atomic mass is 10.0. The maximum atomic E-state index is 5.47. The van der Waals surface area contributed by atoms with Crippen molar-refractivity contribution in [1.29, 1.82) is 0 Å². The minimum atomic E-state index is 0. The van der Waals surface area contributed by atoms with E-state index in [0.717, 1.165) is 37.8 Å². The number of methoxy groups -OCH3 is 1. The lowest BCUT2D eigenvalue weighted by molar-refractivity contribution is 0.287. The maximum Gasteiger partial charge on any atom is 0.191 e. The van der Waals surface area contributed by atoms with E-state index in [4.69, 9.17) is 4.74 Å². The van der Waals surface area contributed by atoms with Crippen LogP contribution in [0.2, 0.25) is 0 Å². The minimum absolute atomic E-state index is 0. The molecule has 0 aliphatic carbocycles. The zero-order valence-corrected chi connectivity index (χ0v) is 15.3. The Kier molecular flexibility index (Phi) is 7.81. The number of nitrogens with zero attached hydrogens (tertiary/aromatic N) is 2. The fourth-order valence-corrected chi connectivity index (χ4v) is 2.36. The van der Waals surface area contributed by atoms with Crippen molar-refractivity contribution in [1.82, 2.24) is 15.5 Å². The molecule has 0 saturated carbocycles. The van der Waals surface area contributed by atoms with Gasteiger partial charge in [-0.2, -0.15) is 0 Å². The third kappa shape index (κ3) is 5.03. The van der Waals surface area contributed by atoms with E-state index in [2.05, 4.69) is 40.7 Å². The molecule has 0 fully saturated rings. The van der Waals surface area contributed by atoms with E-state index in [1.54, 1.807) is 7.11 Å². The average Bonchev–Trinajstić information content (AvgIpc) is 2.48. The third-order valence-electron chi connectivity index (χ3n) is 3.48. The van der Waals surface area contributed by atoms with E-state index in [1.807, 2.05) is 18.2 Å². The quantitative estimate of drug-likeness (QED) is 0.736. The van der Waals surface area contributed by atoms with Crippen molar-refractivity contribution in [2.75, 3.05) is 40.8 Å². The second-order valence-electron chi connectivity index (χ2n) is 5.11. The maximum absolute atomic E-state index is 5.47.